The predicted octanol–water partition coefficient (Wildman–Crippen LogP) is 1.70. The SMILES string of the molecule is O=C(O)COC1CCN(c2cnnc3ccccc23)CC1. The molecule has 0 amide bonds. The average Bonchev–Trinajstić information content (AvgIpc) is 2.53. The summed E-state index contributed by atoms with van der Waals surface area (Å²) in [4.78, 5) is 12.8. The summed E-state index contributed by atoms with van der Waals surface area (Å²) >= 11 is 0. The zero-order chi connectivity index (χ0) is 14.7. The number of benzene rings is 1. The minimum absolute atomic E-state index is 0.0263. The van der Waals surface area contributed by atoms with Gasteiger partial charge in [-0.05, 0) is 18.9 Å². The van der Waals surface area contributed by atoms with Gasteiger partial charge in [-0.1, -0.05) is 18.2 Å². The van der Waals surface area contributed by atoms with E-state index in [9.17, 15) is 4.79 Å². The number of rotatable bonds is 4. The summed E-state index contributed by atoms with van der Waals surface area (Å²) in [6, 6.07) is 7.95. The molecule has 0 atom stereocenters. The summed E-state index contributed by atoms with van der Waals surface area (Å²) in [5.74, 6) is -0.915. The number of aliphatic carboxylic acids is 1. The Morgan fingerprint density at radius 1 is 1.33 bits per heavy atom. The monoisotopic (exact) mass is 287 g/mol. The molecule has 1 aromatic carbocycles. The third-order valence-electron chi connectivity index (χ3n) is 3.75. The molecule has 1 saturated heterocycles. The zero-order valence-corrected chi connectivity index (χ0v) is 11.6. The maximum absolute atomic E-state index is 10.5. The molecule has 1 aliphatic heterocycles. The molecule has 0 saturated carbocycles. The minimum Gasteiger partial charge on any atom is -0.480 e. The van der Waals surface area contributed by atoms with Crippen molar-refractivity contribution in [3.8, 4) is 0 Å². The number of fused-ring (bicyclic) bond motifs is 1. The molecular weight excluding hydrogens is 270 g/mol. The minimum atomic E-state index is -0.915. The van der Waals surface area contributed by atoms with Gasteiger partial charge >= 0.3 is 5.97 Å². The van der Waals surface area contributed by atoms with Crippen molar-refractivity contribution >= 4 is 22.6 Å². The van der Waals surface area contributed by atoms with Crippen LogP contribution in [0.3, 0.4) is 0 Å². The van der Waals surface area contributed by atoms with Crippen LogP contribution in [0.25, 0.3) is 10.9 Å². The van der Waals surface area contributed by atoms with Crippen LogP contribution in [0, 0.1) is 0 Å². The molecule has 1 aliphatic rings. The van der Waals surface area contributed by atoms with E-state index in [1.54, 1.807) is 6.20 Å². The first-order valence-corrected chi connectivity index (χ1v) is 7.03. The third kappa shape index (κ3) is 3.11. The van der Waals surface area contributed by atoms with Gasteiger partial charge in [0.2, 0.25) is 0 Å². The topological polar surface area (TPSA) is 75.6 Å². The number of carboxylic acids is 1. The zero-order valence-electron chi connectivity index (χ0n) is 11.6. The van der Waals surface area contributed by atoms with Gasteiger partial charge in [-0.15, -0.1) is 0 Å². The second-order valence-electron chi connectivity index (χ2n) is 5.14. The Kier molecular flexibility index (Phi) is 3.96. The Morgan fingerprint density at radius 2 is 2.10 bits per heavy atom. The van der Waals surface area contributed by atoms with Crippen molar-refractivity contribution in [2.45, 2.75) is 18.9 Å². The molecule has 6 nitrogen and oxygen atoms in total. The number of hydrogen-bond acceptors (Lipinski definition) is 5. The van der Waals surface area contributed by atoms with Crippen molar-refractivity contribution in [1.82, 2.24) is 10.2 Å². The van der Waals surface area contributed by atoms with Crippen LogP contribution in [0.1, 0.15) is 12.8 Å². The normalized spacial score (nSPS) is 16.3. The smallest absolute Gasteiger partial charge is 0.329 e. The average molecular weight is 287 g/mol. The molecule has 0 aliphatic carbocycles. The lowest BCUT2D eigenvalue weighted by molar-refractivity contribution is -0.144. The summed E-state index contributed by atoms with van der Waals surface area (Å²) in [6.07, 6.45) is 3.47. The highest BCUT2D eigenvalue weighted by Gasteiger charge is 2.22. The maximum Gasteiger partial charge on any atom is 0.329 e. The fraction of sp³-hybridized carbons (Fsp3) is 0.400. The second-order valence-corrected chi connectivity index (χ2v) is 5.14. The number of anilines is 1. The summed E-state index contributed by atoms with van der Waals surface area (Å²) in [7, 11) is 0. The van der Waals surface area contributed by atoms with Crippen LogP contribution in [0.15, 0.2) is 30.5 Å². The number of nitrogens with zero attached hydrogens (tertiary/aromatic N) is 3. The van der Waals surface area contributed by atoms with Crippen LogP contribution < -0.4 is 4.90 Å². The van der Waals surface area contributed by atoms with E-state index in [4.69, 9.17) is 9.84 Å². The van der Waals surface area contributed by atoms with Crippen LogP contribution in [0.5, 0.6) is 0 Å². The highest BCUT2D eigenvalue weighted by molar-refractivity contribution is 5.90. The Labute approximate surface area is 122 Å². The lowest BCUT2D eigenvalue weighted by atomic mass is 10.1. The molecule has 2 heterocycles. The van der Waals surface area contributed by atoms with E-state index < -0.39 is 5.97 Å². The van der Waals surface area contributed by atoms with E-state index in [-0.39, 0.29) is 12.7 Å². The molecule has 2 aromatic rings. The fourth-order valence-corrected chi connectivity index (χ4v) is 2.70. The molecular formula is C15H17N3O3. The second kappa shape index (κ2) is 6.05. The Morgan fingerprint density at radius 3 is 2.86 bits per heavy atom. The standard InChI is InChI=1S/C15H17N3O3/c19-15(20)10-21-11-5-7-18(8-6-11)14-9-16-17-13-4-2-1-3-12(13)14/h1-4,9,11H,5-8,10H2,(H,19,20). The lowest BCUT2D eigenvalue weighted by Gasteiger charge is -2.33. The molecule has 1 fully saturated rings. The van der Waals surface area contributed by atoms with Crippen LogP contribution in [0.2, 0.25) is 0 Å². The van der Waals surface area contributed by atoms with Crippen molar-refractivity contribution in [2.75, 3.05) is 24.6 Å². The first-order valence-electron chi connectivity index (χ1n) is 7.03. The van der Waals surface area contributed by atoms with Crippen LogP contribution in [-0.2, 0) is 9.53 Å². The van der Waals surface area contributed by atoms with Crippen molar-refractivity contribution in [3.05, 3.63) is 30.5 Å². The van der Waals surface area contributed by atoms with Crippen LogP contribution >= 0.6 is 0 Å². The van der Waals surface area contributed by atoms with Gasteiger partial charge in [0.05, 0.1) is 23.5 Å². The molecule has 1 aromatic heterocycles. The first kappa shape index (κ1) is 13.8. The fourth-order valence-electron chi connectivity index (χ4n) is 2.70. The maximum atomic E-state index is 10.5. The highest BCUT2D eigenvalue weighted by Crippen LogP contribution is 2.27. The highest BCUT2D eigenvalue weighted by atomic mass is 16.5. The number of carbonyl (C=O) groups is 1. The quantitative estimate of drug-likeness (QED) is 0.922. The number of hydrogen-bond donors (Lipinski definition) is 1. The summed E-state index contributed by atoms with van der Waals surface area (Å²) in [5, 5.41) is 17.9. The molecule has 3 rings (SSSR count). The van der Waals surface area contributed by atoms with Gasteiger partial charge in [-0.25, -0.2) is 4.79 Å². The lowest BCUT2D eigenvalue weighted by Crippen LogP contribution is -2.37. The summed E-state index contributed by atoms with van der Waals surface area (Å²) < 4.78 is 5.36. The molecule has 0 unspecified atom stereocenters. The van der Waals surface area contributed by atoms with Crippen molar-refractivity contribution in [2.24, 2.45) is 0 Å². The number of aromatic nitrogens is 2. The first-order chi connectivity index (χ1) is 10.2. The van der Waals surface area contributed by atoms with Gasteiger partial charge in [0, 0.05) is 18.5 Å². The number of carboxylic acid groups (broad SMARTS) is 1. The van der Waals surface area contributed by atoms with Crippen molar-refractivity contribution < 1.29 is 14.6 Å². The van der Waals surface area contributed by atoms with Gasteiger partial charge < -0.3 is 14.7 Å². The molecule has 110 valence electrons. The number of ether oxygens (including phenoxy) is 1. The number of piperidine rings is 1. The van der Waals surface area contributed by atoms with Gasteiger partial charge in [0.15, 0.2) is 0 Å². The molecule has 6 heteroatoms. The predicted molar refractivity (Wildman–Crippen MR) is 78.4 cm³/mol. The van der Waals surface area contributed by atoms with Gasteiger partial charge in [0.25, 0.3) is 0 Å². The Hall–Kier alpha value is -2.21. The molecule has 0 radical (unpaired) electrons. The van der Waals surface area contributed by atoms with Crippen molar-refractivity contribution in [3.63, 3.8) is 0 Å². The van der Waals surface area contributed by atoms with E-state index in [0.717, 1.165) is 42.5 Å². The van der Waals surface area contributed by atoms with E-state index >= 15 is 0 Å². The summed E-state index contributed by atoms with van der Waals surface area (Å²) in [6.45, 7) is 1.45. The Bertz CT molecular complexity index is 634. The van der Waals surface area contributed by atoms with Crippen molar-refractivity contribution in [1.29, 1.82) is 0 Å². The van der Waals surface area contributed by atoms with Crippen LogP contribution in [-0.4, -0.2) is 47.1 Å². The summed E-state index contributed by atoms with van der Waals surface area (Å²) in [5.41, 5.74) is 1.97. The van der Waals surface area contributed by atoms with Gasteiger partial charge in [0.1, 0.15) is 6.61 Å². The van der Waals surface area contributed by atoms with E-state index in [1.165, 1.54) is 0 Å². The largest absolute Gasteiger partial charge is 0.480 e. The van der Waals surface area contributed by atoms with E-state index in [2.05, 4.69) is 15.1 Å². The molecule has 21 heavy (non-hydrogen) atoms. The van der Waals surface area contributed by atoms with E-state index in [0.29, 0.717) is 0 Å². The molecule has 1 N–H and O–H groups in total. The van der Waals surface area contributed by atoms with Crippen LogP contribution in [0.4, 0.5) is 5.69 Å². The molecule has 0 spiro atoms. The van der Waals surface area contributed by atoms with Gasteiger partial charge in [-0.2, -0.15) is 10.2 Å². The Balaban J connectivity index is 1.70. The molecule has 0 bridgehead atoms. The van der Waals surface area contributed by atoms with E-state index in [1.807, 2.05) is 24.3 Å². The van der Waals surface area contributed by atoms with Gasteiger partial charge in [-0.3, -0.25) is 0 Å². The third-order valence-corrected chi connectivity index (χ3v) is 3.75.